The van der Waals surface area contributed by atoms with Gasteiger partial charge in [-0.3, -0.25) is 4.79 Å². The fourth-order valence-corrected chi connectivity index (χ4v) is 3.20. The monoisotopic (exact) mass is 382 g/mol. The molecule has 0 unspecified atom stereocenters. The van der Waals surface area contributed by atoms with Crippen LogP contribution in [-0.2, 0) is 0 Å². The Morgan fingerprint density at radius 2 is 1.72 bits per heavy atom. The van der Waals surface area contributed by atoms with Gasteiger partial charge in [0.2, 0.25) is 0 Å². The molecule has 0 spiro atoms. The molecular formula is C22H18N6O. The van der Waals surface area contributed by atoms with Gasteiger partial charge < -0.3 is 4.90 Å². The van der Waals surface area contributed by atoms with Gasteiger partial charge in [-0.1, -0.05) is 30.3 Å². The zero-order valence-corrected chi connectivity index (χ0v) is 16.3. The summed E-state index contributed by atoms with van der Waals surface area (Å²) in [6.45, 7) is 1.60. The molecule has 0 amide bonds. The van der Waals surface area contributed by atoms with E-state index in [9.17, 15) is 10.1 Å². The van der Waals surface area contributed by atoms with Crippen molar-refractivity contribution in [3.63, 3.8) is 0 Å². The molecule has 4 rings (SSSR count). The van der Waals surface area contributed by atoms with Crippen molar-refractivity contribution < 1.29 is 0 Å². The van der Waals surface area contributed by atoms with Crippen molar-refractivity contribution in [2.24, 2.45) is 4.99 Å². The smallest absolute Gasteiger partial charge is 0.281 e. The number of nitriles is 1. The van der Waals surface area contributed by atoms with Crippen LogP contribution < -0.4 is 10.5 Å². The Hall–Kier alpha value is -4.05. The van der Waals surface area contributed by atoms with Crippen molar-refractivity contribution in [1.82, 2.24) is 14.8 Å². The number of aliphatic imine (C=N–C) groups is 1. The minimum Gasteiger partial charge on any atom is -0.378 e. The van der Waals surface area contributed by atoms with Gasteiger partial charge in [-0.15, -0.1) is 10.2 Å². The lowest BCUT2D eigenvalue weighted by Gasteiger charge is -2.12. The van der Waals surface area contributed by atoms with E-state index in [0.717, 1.165) is 11.3 Å². The second kappa shape index (κ2) is 7.17. The third kappa shape index (κ3) is 3.11. The fraction of sp³-hybridized carbons (Fsp3) is 0.136. The van der Waals surface area contributed by atoms with Gasteiger partial charge >= 0.3 is 0 Å². The van der Waals surface area contributed by atoms with Crippen LogP contribution >= 0.6 is 0 Å². The molecule has 0 aliphatic carbocycles. The molecule has 1 aliphatic rings. The van der Waals surface area contributed by atoms with Crippen LogP contribution in [0.3, 0.4) is 0 Å². The summed E-state index contributed by atoms with van der Waals surface area (Å²) in [5.74, 6) is 0.592. The van der Waals surface area contributed by atoms with Gasteiger partial charge in [0.1, 0.15) is 17.3 Å². The lowest BCUT2D eigenvalue weighted by atomic mass is 10.0. The summed E-state index contributed by atoms with van der Waals surface area (Å²) < 4.78 is 1.38. The average molecular weight is 382 g/mol. The predicted molar refractivity (Wildman–Crippen MR) is 113 cm³/mol. The number of hydrogen-bond donors (Lipinski definition) is 0. The van der Waals surface area contributed by atoms with Crippen LogP contribution in [0.15, 0.2) is 64.4 Å². The van der Waals surface area contributed by atoms with Crippen molar-refractivity contribution in [1.29, 1.82) is 5.26 Å². The molecule has 2 aromatic carbocycles. The van der Waals surface area contributed by atoms with E-state index in [1.807, 2.05) is 73.6 Å². The van der Waals surface area contributed by atoms with Crippen molar-refractivity contribution >= 4 is 28.4 Å². The van der Waals surface area contributed by atoms with Crippen LogP contribution in [0.25, 0.3) is 11.1 Å². The van der Waals surface area contributed by atoms with Gasteiger partial charge in [0.15, 0.2) is 11.7 Å². The Bertz CT molecular complexity index is 1250. The number of aromatic nitrogens is 3. The largest absolute Gasteiger partial charge is 0.378 e. The molecule has 1 aromatic heterocycles. The molecule has 29 heavy (non-hydrogen) atoms. The van der Waals surface area contributed by atoms with E-state index in [4.69, 9.17) is 4.99 Å². The molecule has 0 radical (unpaired) electrons. The van der Waals surface area contributed by atoms with E-state index < -0.39 is 0 Å². The van der Waals surface area contributed by atoms with Crippen LogP contribution in [0.2, 0.25) is 0 Å². The topological polar surface area (TPSA) is 87.2 Å². The van der Waals surface area contributed by atoms with Crippen molar-refractivity contribution in [2.45, 2.75) is 6.92 Å². The van der Waals surface area contributed by atoms with E-state index >= 15 is 0 Å². The second-order valence-electron chi connectivity index (χ2n) is 6.82. The first-order valence-electron chi connectivity index (χ1n) is 9.04. The van der Waals surface area contributed by atoms with Crippen LogP contribution in [0, 0.1) is 18.3 Å². The molecule has 1 aliphatic heterocycles. The SMILES string of the molecule is Cc1nnc2n(c1=O)C(=Nc1ccc(N(C)C)cc1)C(c1ccccc1)=C2C#N. The molecular weight excluding hydrogens is 364 g/mol. The molecule has 0 bridgehead atoms. The quantitative estimate of drug-likeness (QED) is 0.695. The second-order valence-corrected chi connectivity index (χ2v) is 6.82. The molecule has 0 atom stereocenters. The third-order valence-electron chi connectivity index (χ3n) is 4.70. The summed E-state index contributed by atoms with van der Waals surface area (Å²) in [5, 5.41) is 17.9. The van der Waals surface area contributed by atoms with Gasteiger partial charge in [-0.2, -0.15) is 5.26 Å². The maximum Gasteiger partial charge on any atom is 0.281 e. The first kappa shape index (κ1) is 18.3. The summed E-state index contributed by atoms with van der Waals surface area (Å²) in [6.07, 6.45) is 0. The third-order valence-corrected chi connectivity index (χ3v) is 4.70. The summed E-state index contributed by atoms with van der Waals surface area (Å²) in [4.78, 5) is 19.6. The van der Waals surface area contributed by atoms with Crippen LogP contribution in [0.4, 0.5) is 11.4 Å². The maximum atomic E-state index is 12.9. The Balaban J connectivity index is 1.99. The van der Waals surface area contributed by atoms with E-state index in [1.54, 1.807) is 6.92 Å². The van der Waals surface area contributed by atoms with Crippen LogP contribution in [-0.4, -0.2) is 34.7 Å². The van der Waals surface area contributed by atoms with Crippen LogP contribution in [0.5, 0.6) is 0 Å². The molecule has 142 valence electrons. The number of aryl methyl sites for hydroxylation is 1. The molecule has 7 nitrogen and oxygen atoms in total. The number of nitrogens with zero attached hydrogens (tertiary/aromatic N) is 6. The number of rotatable bonds is 3. The van der Waals surface area contributed by atoms with E-state index in [0.29, 0.717) is 17.1 Å². The summed E-state index contributed by atoms with van der Waals surface area (Å²) in [5.41, 5.74) is 3.26. The van der Waals surface area contributed by atoms with Crippen LogP contribution in [0.1, 0.15) is 17.1 Å². The number of benzene rings is 2. The van der Waals surface area contributed by atoms with Crippen molar-refractivity contribution in [3.8, 4) is 6.07 Å². The minimum atomic E-state index is -0.336. The summed E-state index contributed by atoms with van der Waals surface area (Å²) in [7, 11) is 3.93. The molecule has 0 fully saturated rings. The Morgan fingerprint density at radius 1 is 1.03 bits per heavy atom. The lowest BCUT2D eigenvalue weighted by molar-refractivity contribution is 0.836. The number of anilines is 1. The fourth-order valence-electron chi connectivity index (χ4n) is 3.20. The normalized spacial score (nSPS) is 14.1. The highest BCUT2D eigenvalue weighted by atomic mass is 16.1. The predicted octanol–water partition coefficient (Wildman–Crippen LogP) is 3.04. The average Bonchev–Trinajstić information content (AvgIpc) is 3.05. The first-order valence-corrected chi connectivity index (χ1v) is 9.04. The van der Waals surface area contributed by atoms with Gasteiger partial charge in [-0.25, -0.2) is 9.56 Å². The Morgan fingerprint density at radius 3 is 2.34 bits per heavy atom. The van der Waals surface area contributed by atoms with E-state index in [1.165, 1.54) is 4.57 Å². The zero-order valence-electron chi connectivity index (χ0n) is 16.3. The number of hydrogen-bond acceptors (Lipinski definition) is 6. The van der Waals surface area contributed by atoms with E-state index in [-0.39, 0.29) is 22.7 Å². The molecule has 0 saturated heterocycles. The highest BCUT2D eigenvalue weighted by molar-refractivity contribution is 6.35. The van der Waals surface area contributed by atoms with Crippen molar-refractivity contribution in [2.75, 3.05) is 19.0 Å². The Labute approximate surface area is 167 Å². The summed E-state index contributed by atoms with van der Waals surface area (Å²) in [6, 6.07) is 19.3. The number of fused-ring (bicyclic) bond motifs is 1. The molecule has 0 saturated carbocycles. The molecule has 3 aromatic rings. The molecule has 2 heterocycles. The number of allylic oxidation sites excluding steroid dienone is 2. The minimum absolute atomic E-state index is 0.214. The highest BCUT2D eigenvalue weighted by Crippen LogP contribution is 2.33. The maximum absolute atomic E-state index is 12.9. The van der Waals surface area contributed by atoms with Crippen molar-refractivity contribution in [3.05, 3.63) is 82.0 Å². The highest BCUT2D eigenvalue weighted by Gasteiger charge is 2.32. The van der Waals surface area contributed by atoms with Gasteiger partial charge in [0.25, 0.3) is 5.56 Å². The molecule has 0 N–H and O–H groups in total. The summed E-state index contributed by atoms with van der Waals surface area (Å²) >= 11 is 0. The van der Waals surface area contributed by atoms with Gasteiger partial charge in [0.05, 0.1) is 5.69 Å². The van der Waals surface area contributed by atoms with Gasteiger partial charge in [0, 0.05) is 25.4 Å². The lowest BCUT2D eigenvalue weighted by Crippen LogP contribution is -2.30. The van der Waals surface area contributed by atoms with E-state index in [2.05, 4.69) is 16.3 Å². The zero-order chi connectivity index (χ0) is 20.5. The standard InChI is InChI=1S/C22H18N6O/c1-14-22(29)28-20(26-25-14)18(13-23)19(15-7-5-4-6-8-15)21(28)24-16-9-11-17(12-10-16)27(2)3/h4-12H,1-3H3. The molecule has 7 heteroatoms. The first-order chi connectivity index (χ1) is 14.0. The Kier molecular flexibility index (Phi) is 4.53. The van der Waals surface area contributed by atoms with Gasteiger partial charge in [-0.05, 0) is 36.8 Å².